The molecule has 0 fully saturated rings. The second kappa shape index (κ2) is 10.2. The number of oxazole rings is 1. The lowest BCUT2D eigenvalue weighted by atomic mass is 10.1. The van der Waals surface area contributed by atoms with E-state index < -0.39 is 0 Å². The molecule has 0 aliphatic heterocycles. The van der Waals surface area contributed by atoms with E-state index in [2.05, 4.69) is 27.4 Å². The fourth-order valence-corrected chi connectivity index (χ4v) is 3.08. The van der Waals surface area contributed by atoms with E-state index in [1.165, 1.54) is 5.56 Å². The van der Waals surface area contributed by atoms with Crippen LogP contribution in [-0.2, 0) is 19.6 Å². The van der Waals surface area contributed by atoms with E-state index >= 15 is 0 Å². The summed E-state index contributed by atoms with van der Waals surface area (Å²) in [6, 6.07) is 15.1. The number of aryl methyl sites for hydroxylation is 2. The Hall–Kier alpha value is -3.87. The first-order valence-corrected chi connectivity index (χ1v) is 10.2. The lowest BCUT2D eigenvalue weighted by Gasteiger charge is -2.06. The average molecular weight is 416 g/mol. The van der Waals surface area contributed by atoms with Gasteiger partial charge in [-0.3, -0.25) is 4.68 Å². The minimum atomic E-state index is 0.240. The highest BCUT2D eigenvalue weighted by Crippen LogP contribution is 2.17. The summed E-state index contributed by atoms with van der Waals surface area (Å²) in [6.45, 7) is 1.23. The van der Waals surface area contributed by atoms with E-state index in [1.807, 2.05) is 41.2 Å². The highest BCUT2D eigenvalue weighted by molar-refractivity contribution is 5.66. The third-order valence-electron chi connectivity index (χ3n) is 4.77. The summed E-state index contributed by atoms with van der Waals surface area (Å²) >= 11 is 0. The molecule has 4 aromatic rings. The van der Waals surface area contributed by atoms with Gasteiger partial charge in [0.2, 0.25) is 5.89 Å². The topological polar surface area (TPSA) is 86.2 Å². The Morgan fingerprint density at radius 1 is 1.00 bits per heavy atom. The summed E-state index contributed by atoms with van der Waals surface area (Å²) in [7, 11) is 0. The number of aromatic hydroxyl groups is 1. The first-order valence-electron chi connectivity index (χ1n) is 10.2. The molecule has 2 heterocycles. The highest BCUT2D eigenvalue weighted by atomic mass is 16.5. The van der Waals surface area contributed by atoms with Gasteiger partial charge in [-0.25, -0.2) is 4.98 Å². The molecule has 2 aromatic carbocycles. The first kappa shape index (κ1) is 20.4. The summed E-state index contributed by atoms with van der Waals surface area (Å²) in [5.74, 6) is 1.55. The van der Waals surface area contributed by atoms with E-state index in [-0.39, 0.29) is 5.75 Å². The Balaban J connectivity index is 1.20. The number of aromatic nitrogens is 4. The SMILES string of the molecule is Oc1ccc(/C=C/c2nc(COc3ccc(CCCCn4ccnn4)cc3)co2)cc1. The lowest BCUT2D eigenvalue weighted by Crippen LogP contribution is -1.99. The molecule has 1 N–H and O–H groups in total. The standard InChI is InChI=1S/C24H24N4O3/c29-22-9-4-20(5-10-22)8-13-24-26-21(18-31-24)17-30-23-11-6-19(7-12-23)3-1-2-15-28-16-14-25-27-28/h4-14,16,18,29H,1-3,15,17H2/b13-8+. The van der Waals surface area contributed by atoms with Crippen LogP contribution >= 0.6 is 0 Å². The molecule has 0 unspecified atom stereocenters. The number of rotatable bonds is 10. The van der Waals surface area contributed by atoms with E-state index in [0.29, 0.717) is 12.5 Å². The van der Waals surface area contributed by atoms with Gasteiger partial charge in [0, 0.05) is 18.8 Å². The Bertz CT molecular complexity index is 1080. The summed E-state index contributed by atoms with van der Waals surface area (Å²) in [4.78, 5) is 4.41. The molecule has 0 atom stereocenters. The molecule has 0 radical (unpaired) electrons. The van der Waals surface area contributed by atoms with Crippen molar-refractivity contribution >= 4 is 12.2 Å². The first-order chi connectivity index (χ1) is 15.2. The minimum Gasteiger partial charge on any atom is -0.508 e. The zero-order valence-electron chi connectivity index (χ0n) is 17.1. The van der Waals surface area contributed by atoms with Gasteiger partial charge in [0.25, 0.3) is 0 Å². The van der Waals surface area contributed by atoms with E-state index in [0.717, 1.165) is 42.8 Å². The number of phenols is 1. The maximum absolute atomic E-state index is 9.32. The van der Waals surface area contributed by atoms with Gasteiger partial charge < -0.3 is 14.3 Å². The van der Waals surface area contributed by atoms with E-state index in [1.54, 1.807) is 30.7 Å². The predicted octanol–water partition coefficient (Wildman–Crippen LogP) is 4.74. The maximum atomic E-state index is 9.32. The van der Waals surface area contributed by atoms with Crippen LogP contribution < -0.4 is 4.74 Å². The van der Waals surface area contributed by atoms with Crippen LogP contribution in [0.15, 0.2) is 71.6 Å². The molecule has 158 valence electrons. The molecule has 0 saturated heterocycles. The lowest BCUT2D eigenvalue weighted by molar-refractivity contribution is 0.301. The normalized spacial score (nSPS) is 11.2. The molecule has 0 amide bonds. The number of unbranched alkanes of at least 4 members (excludes halogenated alkanes) is 1. The van der Waals surface area contributed by atoms with Crippen LogP contribution in [0.2, 0.25) is 0 Å². The van der Waals surface area contributed by atoms with E-state index in [9.17, 15) is 5.11 Å². The van der Waals surface area contributed by atoms with Crippen molar-refractivity contribution in [2.24, 2.45) is 0 Å². The summed E-state index contributed by atoms with van der Waals surface area (Å²) in [5.41, 5.74) is 2.96. The molecular formula is C24H24N4O3. The van der Waals surface area contributed by atoms with Crippen molar-refractivity contribution in [2.75, 3.05) is 0 Å². The molecule has 0 aliphatic carbocycles. The molecule has 2 aromatic heterocycles. The second-order valence-electron chi connectivity index (χ2n) is 7.16. The summed E-state index contributed by atoms with van der Waals surface area (Å²) < 4.78 is 13.1. The molecular weight excluding hydrogens is 392 g/mol. The number of ether oxygens (including phenoxy) is 1. The van der Waals surface area contributed by atoms with Crippen LogP contribution in [0.25, 0.3) is 12.2 Å². The molecule has 31 heavy (non-hydrogen) atoms. The Morgan fingerprint density at radius 3 is 2.61 bits per heavy atom. The van der Waals surface area contributed by atoms with Gasteiger partial charge in [-0.15, -0.1) is 5.10 Å². The van der Waals surface area contributed by atoms with Crippen molar-refractivity contribution < 1.29 is 14.3 Å². The molecule has 7 nitrogen and oxygen atoms in total. The van der Waals surface area contributed by atoms with Crippen molar-refractivity contribution in [3.05, 3.63) is 89.9 Å². The van der Waals surface area contributed by atoms with Gasteiger partial charge >= 0.3 is 0 Å². The van der Waals surface area contributed by atoms with Gasteiger partial charge in [0.15, 0.2) is 0 Å². The van der Waals surface area contributed by atoms with Crippen molar-refractivity contribution in [1.82, 2.24) is 20.0 Å². The number of nitrogens with zero attached hydrogens (tertiary/aromatic N) is 4. The Kier molecular flexibility index (Phi) is 6.74. The third kappa shape index (κ3) is 6.30. The van der Waals surface area contributed by atoms with Crippen LogP contribution in [0.1, 0.15) is 35.6 Å². The van der Waals surface area contributed by atoms with Crippen LogP contribution in [0.5, 0.6) is 11.5 Å². The maximum Gasteiger partial charge on any atom is 0.218 e. The van der Waals surface area contributed by atoms with Crippen LogP contribution in [0.3, 0.4) is 0 Å². The van der Waals surface area contributed by atoms with Crippen molar-refractivity contribution in [3.63, 3.8) is 0 Å². The zero-order valence-corrected chi connectivity index (χ0v) is 17.1. The van der Waals surface area contributed by atoms with Crippen molar-refractivity contribution in [3.8, 4) is 11.5 Å². The predicted molar refractivity (Wildman–Crippen MR) is 117 cm³/mol. The zero-order chi connectivity index (χ0) is 21.3. The van der Waals surface area contributed by atoms with Gasteiger partial charge in [-0.2, -0.15) is 0 Å². The highest BCUT2D eigenvalue weighted by Gasteiger charge is 2.03. The number of hydrogen-bond donors (Lipinski definition) is 1. The molecule has 0 aliphatic rings. The van der Waals surface area contributed by atoms with E-state index in [4.69, 9.17) is 9.15 Å². The van der Waals surface area contributed by atoms with Crippen molar-refractivity contribution in [1.29, 1.82) is 0 Å². The van der Waals surface area contributed by atoms with Gasteiger partial charge in [-0.05, 0) is 60.7 Å². The minimum absolute atomic E-state index is 0.240. The molecule has 4 rings (SSSR count). The van der Waals surface area contributed by atoms with Crippen molar-refractivity contribution in [2.45, 2.75) is 32.4 Å². The smallest absolute Gasteiger partial charge is 0.218 e. The molecule has 7 heteroatoms. The summed E-state index contributed by atoms with van der Waals surface area (Å²) in [6.07, 6.45) is 12.0. The fourth-order valence-electron chi connectivity index (χ4n) is 3.08. The third-order valence-corrected chi connectivity index (χ3v) is 4.77. The fraction of sp³-hybridized carbons (Fsp3) is 0.208. The van der Waals surface area contributed by atoms with Gasteiger partial charge in [0.1, 0.15) is 30.1 Å². The van der Waals surface area contributed by atoms with Crippen LogP contribution in [0, 0.1) is 0 Å². The monoisotopic (exact) mass is 416 g/mol. The molecule has 0 saturated carbocycles. The largest absolute Gasteiger partial charge is 0.508 e. The quantitative estimate of drug-likeness (QED) is 0.376. The van der Waals surface area contributed by atoms with Gasteiger partial charge in [0.05, 0.1) is 6.20 Å². The van der Waals surface area contributed by atoms with Gasteiger partial charge in [-0.1, -0.05) is 29.5 Å². The molecule has 0 spiro atoms. The van der Waals surface area contributed by atoms with Crippen LogP contribution in [-0.4, -0.2) is 25.1 Å². The second-order valence-corrected chi connectivity index (χ2v) is 7.16. The average Bonchev–Trinajstić information content (AvgIpc) is 3.48. The molecule has 0 bridgehead atoms. The summed E-state index contributed by atoms with van der Waals surface area (Å²) in [5, 5.41) is 17.1. The number of phenolic OH excluding ortho intramolecular Hbond substituents is 1. The Labute approximate surface area is 180 Å². The van der Waals surface area contributed by atoms with Crippen LogP contribution in [0.4, 0.5) is 0 Å². The number of hydrogen-bond acceptors (Lipinski definition) is 6. The number of benzene rings is 2. The Morgan fingerprint density at radius 2 is 1.84 bits per heavy atom.